The number of thioether (sulfide) groups is 1. The summed E-state index contributed by atoms with van der Waals surface area (Å²) in [5.41, 5.74) is 1.74. The molecule has 0 aliphatic carbocycles. The molecule has 3 heterocycles. The SMILES string of the molecule is O=C(CN1CCNCC1)Nc1cc(Nc2cc(-c3cc(Cl)ccc3F)nnc2SCCO)ccn1. The van der Waals surface area contributed by atoms with Crippen LogP contribution in [-0.4, -0.2) is 76.2 Å². The Kier molecular flexibility index (Phi) is 8.83. The molecule has 0 atom stereocenters. The summed E-state index contributed by atoms with van der Waals surface area (Å²) in [6.45, 7) is 3.63. The second kappa shape index (κ2) is 12.2. The summed E-state index contributed by atoms with van der Waals surface area (Å²) in [4.78, 5) is 18.8. The Morgan fingerprint density at radius 3 is 2.83 bits per heavy atom. The average Bonchev–Trinajstić information content (AvgIpc) is 2.85. The lowest BCUT2D eigenvalue weighted by molar-refractivity contribution is -0.117. The fourth-order valence-electron chi connectivity index (χ4n) is 3.53. The third kappa shape index (κ3) is 7.09. The summed E-state index contributed by atoms with van der Waals surface area (Å²) < 4.78 is 14.4. The Morgan fingerprint density at radius 2 is 2.03 bits per heavy atom. The van der Waals surface area contributed by atoms with E-state index in [4.69, 9.17) is 11.6 Å². The number of amides is 1. The van der Waals surface area contributed by atoms with Crippen LogP contribution in [0, 0.1) is 5.82 Å². The maximum atomic E-state index is 14.4. The zero-order chi connectivity index (χ0) is 24.6. The van der Waals surface area contributed by atoms with Crippen molar-refractivity contribution in [2.75, 3.05) is 55.7 Å². The molecule has 3 aromatic rings. The molecule has 4 rings (SSSR count). The number of carbonyl (C=O) groups excluding carboxylic acids is 1. The highest BCUT2D eigenvalue weighted by Crippen LogP contribution is 2.32. The zero-order valence-corrected chi connectivity index (χ0v) is 20.4. The lowest BCUT2D eigenvalue weighted by Gasteiger charge is -2.26. The number of rotatable bonds is 9. The molecule has 1 aliphatic heterocycles. The van der Waals surface area contributed by atoms with Crippen molar-refractivity contribution < 1.29 is 14.3 Å². The third-order valence-corrected chi connectivity index (χ3v) is 6.37. The fraction of sp³-hybridized carbons (Fsp3) is 0.304. The molecule has 9 nitrogen and oxygen atoms in total. The van der Waals surface area contributed by atoms with Crippen LogP contribution in [0.4, 0.5) is 21.6 Å². The minimum absolute atomic E-state index is 0.0328. The first kappa shape index (κ1) is 25.3. The van der Waals surface area contributed by atoms with Gasteiger partial charge in [0.05, 0.1) is 24.5 Å². The van der Waals surface area contributed by atoms with E-state index in [9.17, 15) is 14.3 Å². The molecule has 1 aromatic carbocycles. The van der Waals surface area contributed by atoms with Gasteiger partial charge in [0.15, 0.2) is 0 Å². The Hall–Kier alpha value is -2.83. The molecule has 2 aromatic heterocycles. The number of hydrogen-bond acceptors (Lipinski definition) is 9. The number of benzene rings is 1. The van der Waals surface area contributed by atoms with Crippen LogP contribution in [0.2, 0.25) is 5.02 Å². The first-order valence-electron chi connectivity index (χ1n) is 11.0. The molecule has 1 amide bonds. The van der Waals surface area contributed by atoms with Crippen molar-refractivity contribution in [2.24, 2.45) is 0 Å². The highest BCUT2D eigenvalue weighted by atomic mass is 35.5. The van der Waals surface area contributed by atoms with Crippen LogP contribution in [-0.2, 0) is 4.79 Å². The Morgan fingerprint density at radius 1 is 1.20 bits per heavy atom. The van der Waals surface area contributed by atoms with E-state index in [0.29, 0.717) is 45.2 Å². The maximum Gasteiger partial charge on any atom is 0.239 e. The van der Waals surface area contributed by atoms with Gasteiger partial charge in [-0.05, 0) is 30.3 Å². The van der Waals surface area contributed by atoms with Crippen molar-refractivity contribution in [1.82, 2.24) is 25.4 Å². The molecule has 0 unspecified atom stereocenters. The first-order chi connectivity index (χ1) is 17.0. The second-order valence-corrected chi connectivity index (χ2v) is 9.29. The van der Waals surface area contributed by atoms with Gasteiger partial charge in [-0.1, -0.05) is 11.6 Å². The highest BCUT2D eigenvalue weighted by Gasteiger charge is 2.16. The molecule has 4 N–H and O–H groups in total. The van der Waals surface area contributed by atoms with Crippen LogP contribution in [0.5, 0.6) is 0 Å². The van der Waals surface area contributed by atoms with Gasteiger partial charge in [0, 0.05) is 60.5 Å². The Balaban J connectivity index is 1.53. The predicted octanol–water partition coefficient (Wildman–Crippen LogP) is 3.00. The normalized spacial score (nSPS) is 14.0. The molecule has 0 spiro atoms. The van der Waals surface area contributed by atoms with Crippen molar-refractivity contribution in [1.29, 1.82) is 0 Å². The Labute approximate surface area is 211 Å². The number of anilines is 3. The monoisotopic (exact) mass is 517 g/mol. The number of nitrogens with zero attached hydrogens (tertiary/aromatic N) is 4. The van der Waals surface area contributed by atoms with E-state index in [1.165, 1.54) is 30.0 Å². The summed E-state index contributed by atoms with van der Waals surface area (Å²) in [5, 5.41) is 27.9. The van der Waals surface area contributed by atoms with E-state index >= 15 is 0 Å². The number of aromatic nitrogens is 3. The summed E-state index contributed by atoms with van der Waals surface area (Å²) in [5.74, 6) is 0.212. The van der Waals surface area contributed by atoms with Gasteiger partial charge in [-0.25, -0.2) is 9.37 Å². The number of nitrogens with one attached hydrogen (secondary N) is 3. The molecule has 184 valence electrons. The van der Waals surface area contributed by atoms with Crippen LogP contribution in [0.15, 0.2) is 47.6 Å². The minimum Gasteiger partial charge on any atom is -0.396 e. The average molecular weight is 518 g/mol. The summed E-state index contributed by atoms with van der Waals surface area (Å²) >= 11 is 7.36. The van der Waals surface area contributed by atoms with Gasteiger partial charge in [-0.2, -0.15) is 0 Å². The van der Waals surface area contributed by atoms with Crippen LogP contribution in [0.3, 0.4) is 0 Å². The summed E-state index contributed by atoms with van der Waals surface area (Å²) in [6.07, 6.45) is 1.58. The van der Waals surface area contributed by atoms with Crippen molar-refractivity contribution in [2.45, 2.75) is 5.03 Å². The number of pyridine rings is 1. The van der Waals surface area contributed by atoms with Gasteiger partial charge in [0.1, 0.15) is 16.7 Å². The lowest BCUT2D eigenvalue weighted by atomic mass is 10.1. The topological polar surface area (TPSA) is 115 Å². The van der Waals surface area contributed by atoms with Gasteiger partial charge >= 0.3 is 0 Å². The molecule has 0 bridgehead atoms. The standard InChI is InChI=1S/C23H25ClFN7O2S/c24-15-1-2-18(25)17(11-15)19-13-20(23(31-30-19)35-10-9-33)28-16-3-4-27-21(12-16)29-22(34)14-32-7-5-26-6-8-32/h1-4,11-13,26,33H,5-10,14H2,(H2,27,28,29,30,34). The van der Waals surface area contributed by atoms with E-state index in [0.717, 1.165) is 26.2 Å². The first-order valence-corrected chi connectivity index (χ1v) is 12.4. The van der Waals surface area contributed by atoms with E-state index in [-0.39, 0.29) is 18.1 Å². The van der Waals surface area contributed by atoms with Crippen LogP contribution in [0.1, 0.15) is 0 Å². The predicted molar refractivity (Wildman–Crippen MR) is 136 cm³/mol. The molecule has 0 saturated carbocycles. The molecular weight excluding hydrogens is 493 g/mol. The molecular formula is C23H25ClFN7O2S. The Bertz CT molecular complexity index is 1180. The number of aliphatic hydroxyl groups is 1. The largest absolute Gasteiger partial charge is 0.396 e. The van der Waals surface area contributed by atoms with Crippen LogP contribution >= 0.6 is 23.4 Å². The minimum atomic E-state index is -0.469. The molecule has 35 heavy (non-hydrogen) atoms. The smallest absolute Gasteiger partial charge is 0.239 e. The van der Waals surface area contributed by atoms with E-state index in [1.807, 2.05) is 0 Å². The molecule has 1 saturated heterocycles. The highest BCUT2D eigenvalue weighted by molar-refractivity contribution is 7.99. The zero-order valence-electron chi connectivity index (χ0n) is 18.8. The van der Waals surface area contributed by atoms with E-state index in [1.54, 1.807) is 24.4 Å². The lowest BCUT2D eigenvalue weighted by Crippen LogP contribution is -2.46. The molecule has 1 fully saturated rings. The third-order valence-electron chi connectivity index (χ3n) is 5.18. The summed E-state index contributed by atoms with van der Waals surface area (Å²) in [6, 6.07) is 9.35. The van der Waals surface area contributed by atoms with Crippen LogP contribution in [0.25, 0.3) is 11.3 Å². The van der Waals surface area contributed by atoms with Crippen molar-refractivity contribution in [3.8, 4) is 11.3 Å². The second-order valence-electron chi connectivity index (χ2n) is 7.77. The molecule has 1 aliphatic rings. The fourth-order valence-corrected chi connectivity index (χ4v) is 4.35. The van der Waals surface area contributed by atoms with Gasteiger partial charge in [-0.15, -0.1) is 22.0 Å². The molecule has 12 heteroatoms. The molecule has 0 radical (unpaired) electrons. The number of halogens is 2. The number of carbonyl (C=O) groups is 1. The van der Waals surface area contributed by atoms with Gasteiger partial charge in [0.25, 0.3) is 0 Å². The van der Waals surface area contributed by atoms with Gasteiger partial charge in [-0.3, -0.25) is 9.69 Å². The van der Waals surface area contributed by atoms with Crippen molar-refractivity contribution in [3.63, 3.8) is 0 Å². The van der Waals surface area contributed by atoms with Gasteiger partial charge in [0.2, 0.25) is 5.91 Å². The summed E-state index contributed by atoms with van der Waals surface area (Å²) in [7, 11) is 0. The van der Waals surface area contributed by atoms with Crippen molar-refractivity contribution in [3.05, 3.63) is 53.4 Å². The van der Waals surface area contributed by atoms with E-state index in [2.05, 4.69) is 36.0 Å². The number of piperazine rings is 1. The van der Waals surface area contributed by atoms with Gasteiger partial charge < -0.3 is 21.1 Å². The maximum absolute atomic E-state index is 14.4. The number of aliphatic hydroxyl groups excluding tert-OH is 1. The quantitative estimate of drug-likeness (QED) is 0.318. The van der Waals surface area contributed by atoms with E-state index < -0.39 is 5.82 Å². The van der Waals surface area contributed by atoms with Crippen LogP contribution < -0.4 is 16.0 Å². The van der Waals surface area contributed by atoms with Crippen molar-refractivity contribution >= 4 is 46.5 Å². The number of hydrogen-bond donors (Lipinski definition) is 4.